The highest BCUT2D eigenvalue weighted by Gasteiger charge is 2.18. The number of pyridine rings is 1. The number of fused-ring (bicyclic) bond motifs is 1. The molecule has 0 radical (unpaired) electrons. The van der Waals surface area contributed by atoms with Crippen molar-refractivity contribution in [3.8, 4) is 28.5 Å². The van der Waals surface area contributed by atoms with Crippen molar-refractivity contribution in [1.82, 2.24) is 20.5 Å². The highest BCUT2D eigenvalue weighted by molar-refractivity contribution is 5.93. The van der Waals surface area contributed by atoms with Crippen molar-refractivity contribution >= 4 is 16.6 Å². The van der Waals surface area contributed by atoms with Crippen LogP contribution in [-0.4, -0.2) is 49.6 Å². The molecule has 1 aliphatic heterocycles. The Bertz CT molecular complexity index is 985. The van der Waals surface area contributed by atoms with Gasteiger partial charge in [0, 0.05) is 23.7 Å². The van der Waals surface area contributed by atoms with Gasteiger partial charge in [0.15, 0.2) is 17.1 Å². The maximum Gasteiger partial charge on any atom is 0.203 e. The number of hydrogen-bond donors (Lipinski definition) is 2. The Morgan fingerprint density at radius 1 is 0.963 bits per heavy atom. The van der Waals surface area contributed by atoms with Gasteiger partial charge in [-0.25, -0.2) is 4.98 Å². The summed E-state index contributed by atoms with van der Waals surface area (Å²) in [5, 5.41) is 11.8. The van der Waals surface area contributed by atoms with E-state index in [1.165, 1.54) is 5.57 Å². The molecule has 0 bridgehead atoms. The molecule has 1 aromatic carbocycles. The molecule has 27 heavy (non-hydrogen) atoms. The van der Waals surface area contributed by atoms with Crippen LogP contribution in [-0.2, 0) is 0 Å². The third kappa shape index (κ3) is 3.10. The van der Waals surface area contributed by atoms with Gasteiger partial charge in [-0.1, -0.05) is 6.08 Å². The molecule has 2 aromatic heterocycles. The lowest BCUT2D eigenvalue weighted by atomic mass is 10.00. The minimum atomic E-state index is 0.561. The number of methoxy groups -OCH3 is 3. The number of aromatic amines is 1. The topological polar surface area (TPSA) is 81.3 Å². The van der Waals surface area contributed by atoms with E-state index in [4.69, 9.17) is 14.2 Å². The lowest BCUT2D eigenvalue weighted by molar-refractivity contribution is 0.324. The van der Waals surface area contributed by atoms with E-state index in [1.807, 2.05) is 18.3 Å². The molecule has 0 unspecified atom stereocenters. The molecule has 7 nitrogen and oxygen atoms in total. The van der Waals surface area contributed by atoms with Gasteiger partial charge >= 0.3 is 0 Å². The molecule has 0 atom stereocenters. The van der Waals surface area contributed by atoms with Crippen LogP contribution in [0.25, 0.3) is 27.9 Å². The van der Waals surface area contributed by atoms with E-state index in [9.17, 15) is 0 Å². The average Bonchev–Trinajstić information content (AvgIpc) is 3.16. The van der Waals surface area contributed by atoms with E-state index in [2.05, 4.69) is 32.6 Å². The molecule has 3 heterocycles. The van der Waals surface area contributed by atoms with Gasteiger partial charge in [0.1, 0.15) is 0 Å². The van der Waals surface area contributed by atoms with Crippen molar-refractivity contribution in [3.63, 3.8) is 0 Å². The van der Waals surface area contributed by atoms with E-state index in [-0.39, 0.29) is 0 Å². The van der Waals surface area contributed by atoms with Gasteiger partial charge in [0.2, 0.25) is 5.75 Å². The predicted octanol–water partition coefficient (Wildman–Crippen LogP) is 3.03. The SMILES string of the molecule is COc1cc(-c2[nH]nc3ncc(C4=CCNCC4)cc23)cc(OC)c1OC. The van der Waals surface area contributed by atoms with Crippen LogP contribution in [0.3, 0.4) is 0 Å². The van der Waals surface area contributed by atoms with Crippen molar-refractivity contribution in [2.24, 2.45) is 0 Å². The maximum atomic E-state index is 5.48. The summed E-state index contributed by atoms with van der Waals surface area (Å²) in [5.74, 6) is 1.76. The number of H-pyrrole nitrogens is 1. The van der Waals surface area contributed by atoms with E-state index < -0.39 is 0 Å². The summed E-state index contributed by atoms with van der Waals surface area (Å²) >= 11 is 0. The highest BCUT2D eigenvalue weighted by atomic mass is 16.5. The van der Waals surface area contributed by atoms with Crippen LogP contribution < -0.4 is 19.5 Å². The monoisotopic (exact) mass is 366 g/mol. The van der Waals surface area contributed by atoms with Gasteiger partial charge in [0.05, 0.1) is 27.0 Å². The van der Waals surface area contributed by atoms with Gasteiger partial charge in [-0.2, -0.15) is 5.10 Å². The lowest BCUT2D eigenvalue weighted by Gasteiger charge is -2.14. The number of nitrogens with one attached hydrogen (secondary N) is 2. The summed E-state index contributed by atoms with van der Waals surface area (Å²) in [5.41, 5.74) is 4.87. The molecule has 7 heteroatoms. The number of aromatic nitrogens is 3. The van der Waals surface area contributed by atoms with E-state index in [0.29, 0.717) is 22.9 Å². The van der Waals surface area contributed by atoms with Crippen LogP contribution >= 0.6 is 0 Å². The second-order valence-corrected chi connectivity index (χ2v) is 6.29. The average molecular weight is 366 g/mol. The highest BCUT2D eigenvalue weighted by Crippen LogP contribution is 2.42. The molecule has 0 saturated heterocycles. The zero-order valence-electron chi connectivity index (χ0n) is 15.6. The van der Waals surface area contributed by atoms with Crippen molar-refractivity contribution in [2.45, 2.75) is 6.42 Å². The Balaban J connectivity index is 1.85. The second-order valence-electron chi connectivity index (χ2n) is 6.29. The van der Waals surface area contributed by atoms with Crippen molar-refractivity contribution in [2.75, 3.05) is 34.4 Å². The summed E-state index contributed by atoms with van der Waals surface area (Å²) in [6.45, 7) is 1.87. The summed E-state index contributed by atoms with van der Waals surface area (Å²) in [7, 11) is 4.80. The van der Waals surface area contributed by atoms with Gasteiger partial charge < -0.3 is 19.5 Å². The first kappa shape index (κ1) is 17.4. The summed E-state index contributed by atoms with van der Waals surface area (Å²) in [6, 6.07) is 5.96. The molecular weight excluding hydrogens is 344 g/mol. The smallest absolute Gasteiger partial charge is 0.203 e. The molecule has 2 N–H and O–H groups in total. The molecule has 0 saturated carbocycles. The first-order valence-corrected chi connectivity index (χ1v) is 8.79. The van der Waals surface area contributed by atoms with E-state index in [0.717, 1.165) is 41.7 Å². The first-order valence-electron chi connectivity index (χ1n) is 8.79. The number of benzene rings is 1. The fourth-order valence-electron chi connectivity index (χ4n) is 3.41. The van der Waals surface area contributed by atoms with Crippen LogP contribution in [0.5, 0.6) is 17.2 Å². The largest absolute Gasteiger partial charge is 0.493 e. The number of nitrogens with zero attached hydrogens (tertiary/aromatic N) is 2. The van der Waals surface area contributed by atoms with Crippen molar-refractivity contribution in [1.29, 1.82) is 0 Å². The number of hydrogen-bond acceptors (Lipinski definition) is 6. The van der Waals surface area contributed by atoms with Crippen LogP contribution in [0, 0.1) is 0 Å². The van der Waals surface area contributed by atoms with Crippen LogP contribution in [0.15, 0.2) is 30.5 Å². The molecule has 0 spiro atoms. The lowest BCUT2D eigenvalue weighted by Crippen LogP contribution is -2.20. The van der Waals surface area contributed by atoms with E-state index >= 15 is 0 Å². The summed E-state index contributed by atoms with van der Waals surface area (Å²) in [6.07, 6.45) is 5.09. The van der Waals surface area contributed by atoms with E-state index in [1.54, 1.807) is 21.3 Å². The van der Waals surface area contributed by atoms with Gasteiger partial charge in [-0.3, -0.25) is 5.10 Å². The molecule has 140 valence electrons. The van der Waals surface area contributed by atoms with Crippen molar-refractivity contribution in [3.05, 3.63) is 36.0 Å². The van der Waals surface area contributed by atoms with Gasteiger partial charge in [-0.15, -0.1) is 0 Å². The van der Waals surface area contributed by atoms with Gasteiger partial charge in [-0.05, 0) is 42.3 Å². The minimum Gasteiger partial charge on any atom is -0.493 e. The quantitative estimate of drug-likeness (QED) is 0.722. The Hall–Kier alpha value is -3.06. The minimum absolute atomic E-state index is 0.561. The molecule has 0 amide bonds. The standard InChI is InChI=1S/C20H22N4O3/c1-25-16-9-13(10-17(26-2)19(16)27-3)18-15-8-14(11-22-20(15)24-23-18)12-4-6-21-7-5-12/h4,8-11,21H,5-7H2,1-3H3,(H,22,23,24). The third-order valence-electron chi connectivity index (χ3n) is 4.80. The summed E-state index contributed by atoms with van der Waals surface area (Å²) < 4.78 is 16.4. The Kier molecular flexibility index (Phi) is 4.68. The molecule has 1 aliphatic rings. The molecule has 0 fully saturated rings. The maximum absolute atomic E-state index is 5.48. The molecule has 4 rings (SSSR count). The van der Waals surface area contributed by atoms with Crippen LogP contribution in [0.4, 0.5) is 0 Å². The number of rotatable bonds is 5. The Morgan fingerprint density at radius 3 is 2.37 bits per heavy atom. The molecular formula is C20H22N4O3. The zero-order chi connectivity index (χ0) is 18.8. The second kappa shape index (κ2) is 7.28. The summed E-state index contributed by atoms with van der Waals surface area (Å²) in [4.78, 5) is 4.53. The third-order valence-corrected chi connectivity index (χ3v) is 4.80. The fourth-order valence-corrected chi connectivity index (χ4v) is 3.41. The van der Waals surface area contributed by atoms with Gasteiger partial charge in [0.25, 0.3) is 0 Å². The molecule has 0 aliphatic carbocycles. The van der Waals surface area contributed by atoms with Crippen LogP contribution in [0.2, 0.25) is 0 Å². The fraction of sp³-hybridized carbons (Fsp3) is 0.300. The Labute approximate surface area is 157 Å². The molecule has 3 aromatic rings. The Morgan fingerprint density at radius 2 is 1.74 bits per heavy atom. The normalized spacial score (nSPS) is 14.1. The van der Waals surface area contributed by atoms with Crippen molar-refractivity contribution < 1.29 is 14.2 Å². The van der Waals surface area contributed by atoms with Crippen LogP contribution in [0.1, 0.15) is 12.0 Å². The number of ether oxygens (including phenoxy) is 3. The first-order chi connectivity index (χ1) is 13.2. The predicted molar refractivity (Wildman–Crippen MR) is 104 cm³/mol. The zero-order valence-corrected chi connectivity index (χ0v) is 15.6.